The zero-order valence-corrected chi connectivity index (χ0v) is 13.1. The second kappa shape index (κ2) is 5.88. The predicted molar refractivity (Wildman–Crippen MR) is 76.9 cm³/mol. The first-order valence-electron chi connectivity index (χ1n) is 6.46. The first kappa shape index (κ1) is 14.3. The van der Waals surface area contributed by atoms with Crippen molar-refractivity contribution in [1.82, 2.24) is 19.3 Å². The van der Waals surface area contributed by atoms with Gasteiger partial charge in [0.2, 0.25) is 0 Å². The van der Waals surface area contributed by atoms with Crippen molar-refractivity contribution in [3.8, 4) is 0 Å². The molecule has 0 amide bonds. The van der Waals surface area contributed by atoms with Gasteiger partial charge >= 0.3 is 0 Å². The summed E-state index contributed by atoms with van der Waals surface area (Å²) in [5.41, 5.74) is 2.89. The number of hydrogen-bond donors (Lipinski definition) is 1. The molecule has 2 aromatic heterocycles. The Morgan fingerprint density at radius 1 is 1.42 bits per heavy atom. The summed E-state index contributed by atoms with van der Waals surface area (Å²) in [7, 11) is 1.88. The molecule has 1 N–H and O–H groups in total. The van der Waals surface area contributed by atoms with Crippen molar-refractivity contribution in [3.05, 3.63) is 34.1 Å². The molecule has 1 atom stereocenters. The van der Waals surface area contributed by atoms with E-state index in [1.165, 1.54) is 0 Å². The third kappa shape index (κ3) is 2.74. The number of nitrogens with zero attached hydrogens (tertiary/aromatic N) is 4. The minimum absolute atomic E-state index is 0.529. The maximum Gasteiger partial charge on any atom is 0.101 e. The highest BCUT2D eigenvalue weighted by molar-refractivity contribution is 9.10. The van der Waals surface area contributed by atoms with Gasteiger partial charge in [0.15, 0.2) is 0 Å². The number of hydrogen-bond acceptors (Lipinski definition) is 3. The molecule has 5 nitrogen and oxygen atoms in total. The number of aromatic nitrogens is 4. The van der Waals surface area contributed by atoms with Gasteiger partial charge in [-0.05, 0) is 29.3 Å². The summed E-state index contributed by atoms with van der Waals surface area (Å²) in [4.78, 5) is 4.04. The van der Waals surface area contributed by atoms with Crippen LogP contribution in [0.1, 0.15) is 37.0 Å². The predicted octanol–water partition coefficient (Wildman–Crippen LogP) is 2.24. The highest BCUT2D eigenvalue weighted by Gasteiger charge is 2.19. The van der Waals surface area contributed by atoms with Crippen molar-refractivity contribution in [2.75, 3.05) is 0 Å². The first-order valence-corrected chi connectivity index (χ1v) is 7.26. The van der Waals surface area contributed by atoms with Gasteiger partial charge in [0.1, 0.15) is 6.10 Å². The summed E-state index contributed by atoms with van der Waals surface area (Å²) in [6, 6.07) is 0. The van der Waals surface area contributed by atoms with Crippen LogP contribution >= 0.6 is 15.9 Å². The molecule has 0 radical (unpaired) electrons. The molecule has 0 bridgehead atoms. The van der Waals surface area contributed by atoms with Crippen LogP contribution in [0.3, 0.4) is 0 Å². The van der Waals surface area contributed by atoms with E-state index in [0.717, 1.165) is 34.5 Å². The van der Waals surface area contributed by atoms with Crippen LogP contribution in [0.5, 0.6) is 0 Å². The van der Waals surface area contributed by atoms with E-state index >= 15 is 0 Å². The van der Waals surface area contributed by atoms with Crippen molar-refractivity contribution in [2.24, 2.45) is 7.05 Å². The lowest BCUT2D eigenvalue weighted by atomic mass is 10.1. The summed E-state index contributed by atoms with van der Waals surface area (Å²) < 4.78 is 4.80. The Morgan fingerprint density at radius 3 is 2.68 bits per heavy atom. The number of halogens is 1. The van der Waals surface area contributed by atoms with Gasteiger partial charge in [-0.25, -0.2) is 4.98 Å². The summed E-state index contributed by atoms with van der Waals surface area (Å²) >= 11 is 3.60. The Balaban J connectivity index is 2.28. The van der Waals surface area contributed by atoms with E-state index in [1.54, 1.807) is 12.5 Å². The Labute approximate surface area is 121 Å². The van der Waals surface area contributed by atoms with Crippen LogP contribution in [0.2, 0.25) is 0 Å². The quantitative estimate of drug-likeness (QED) is 0.916. The minimum atomic E-state index is -0.574. The molecule has 1 unspecified atom stereocenters. The third-order valence-electron chi connectivity index (χ3n) is 3.28. The van der Waals surface area contributed by atoms with Gasteiger partial charge in [-0.2, -0.15) is 5.10 Å². The van der Waals surface area contributed by atoms with Crippen LogP contribution in [-0.4, -0.2) is 24.4 Å². The molecule has 2 aromatic rings. The zero-order valence-electron chi connectivity index (χ0n) is 11.5. The highest BCUT2D eigenvalue weighted by Crippen LogP contribution is 2.27. The summed E-state index contributed by atoms with van der Waals surface area (Å²) in [6.45, 7) is 4.93. The van der Waals surface area contributed by atoms with Gasteiger partial charge < -0.3 is 9.67 Å². The van der Waals surface area contributed by atoms with Gasteiger partial charge in [-0.15, -0.1) is 0 Å². The fraction of sp³-hybridized carbons (Fsp3) is 0.538. The monoisotopic (exact) mass is 326 g/mol. The zero-order chi connectivity index (χ0) is 14.0. The first-order chi connectivity index (χ1) is 9.08. The van der Waals surface area contributed by atoms with Crippen LogP contribution in [0.25, 0.3) is 0 Å². The molecule has 2 heterocycles. The fourth-order valence-electron chi connectivity index (χ4n) is 2.19. The lowest BCUT2D eigenvalue weighted by molar-refractivity contribution is 0.167. The lowest BCUT2D eigenvalue weighted by Gasteiger charge is -2.12. The number of aliphatic hydroxyl groups excluding tert-OH is 1. The molecule has 0 aliphatic carbocycles. The van der Waals surface area contributed by atoms with E-state index in [2.05, 4.69) is 39.9 Å². The van der Waals surface area contributed by atoms with Gasteiger partial charge in [0.25, 0.3) is 0 Å². The molecular formula is C13H19BrN4O. The van der Waals surface area contributed by atoms with Crippen molar-refractivity contribution < 1.29 is 5.11 Å². The van der Waals surface area contributed by atoms with Gasteiger partial charge in [0, 0.05) is 20.0 Å². The van der Waals surface area contributed by atoms with Crippen molar-refractivity contribution >= 4 is 15.9 Å². The van der Waals surface area contributed by atoms with Crippen LogP contribution < -0.4 is 0 Å². The van der Waals surface area contributed by atoms with Crippen molar-refractivity contribution in [3.63, 3.8) is 0 Å². The summed E-state index contributed by atoms with van der Waals surface area (Å²) in [5.74, 6) is 0. The minimum Gasteiger partial charge on any atom is -0.386 e. The molecule has 0 spiro atoms. The standard InChI is InChI=1S/C13H19BrN4O/c1-4-9-13(14)10(18(5-2)16-9)6-12(19)11-7-15-8-17(11)3/h7-8,12,19H,4-6H2,1-3H3. The molecule has 0 saturated heterocycles. The van der Waals surface area contributed by atoms with Gasteiger partial charge in [0.05, 0.1) is 34.1 Å². The largest absolute Gasteiger partial charge is 0.386 e. The second-order valence-electron chi connectivity index (χ2n) is 4.53. The van der Waals surface area contributed by atoms with E-state index < -0.39 is 6.10 Å². The normalized spacial score (nSPS) is 12.9. The Bertz CT molecular complexity index is 561. The molecule has 0 fully saturated rings. The number of aryl methyl sites for hydroxylation is 3. The van der Waals surface area contributed by atoms with E-state index in [0.29, 0.717) is 6.42 Å². The molecule has 0 saturated carbocycles. The van der Waals surface area contributed by atoms with Crippen molar-refractivity contribution in [2.45, 2.75) is 39.3 Å². The highest BCUT2D eigenvalue weighted by atomic mass is 79.9. The smallest absolute Gasteiger partial charge is 0.101 e. The molecular weight excluding hydrogens is 308 g/mol. The molecule has 104 valence electrons. The number of imidazole rings is 1. The van der Waals surface area contributed by atoms with E-state index in [-0.39, 0.29) is 0 Å². The Kier molecular flexibility index (Phi) is 4.42. The van der Waals surface area contributed by atoms with Crippen LogP contribution in [0.15, 0.2) is 17.0 Å². The molecule has 6 heteroatoms. The van der Waals surface area contributed by atoms with Gasteiger partial charge in [-0.3, -0.25) is 4.68 Å². The maximum atomic E-state index is 10.3. The number of aliphatic hydroxyl groups is 1. The average Bonchev–Trinajstić information content (AvgIpc) is 2.95. The SMILES string of the molecule is CCc1nn(CC)c(CC(O)c2cncn2C)c1Br. The lowest BCUT2D eigenvalue weighted by Crippen LogP contribution is -2.11. The van der Waals surface area contributed by atoms with Crippen LogP contribution in [0.4, 0.5) is 0 Å². The van der Waals surface area contributed by atoms with Crippen LogP contribution in [0, 0.1) is 0 Å². The van der Waals surface area contributed by atoms with Crippen molar-refractivity contribution in [1.29, 1.82) is 0 Å². The second-order valence-corrected chi connectivity index (χ2v) is 5.32. The molecule has 0 aliphatic rings. The van der Waals surface area contributed by atoms with Crippen LogP contribution in [-0.2, 0) is 26.4 Å². The summed E-state index contributed by atoms with van der Waals surface area (Å²) in [5, 5.41) is 14.9. The molecule has 0 aromatic carbocycles. The average molecular weight is 327 g/mol. The molecule has 2 rings (SSSR count). The fourth-order valence-corrected chi connectivity index (χ4v) is 2.91. The Morgan fingerprint density at radius 2 is 2.16 bits per heavy atom. The number of rotatable bonds is 5. The third-order valence-corrected chi connectivity index (χ3v) is 4.19. The van der Waals surface area contributed by atoms with E-state index in [9.17, 15) is 5.11 Å². The Hall–Kier alpha value is -1.14. The molecule has 0 aliphatic heterocycles. The van der Waals surface area contributed by atoms with E-state index in [4.69, 9.17) is 0 Å². The topological polar surface area (TPSA) is 55.9 Å². The van der Waals surface area contributed by atoms with Gasteiger partial charge in [-0.1, -0.05) is 6.92 Å². The maximum absolute atomic E-state index is 10.3. The molecule has 19 heavy (non-hydrogen) atoms. The summed E-state index contributed by atoms with van der Waals surface area (Å²) in [6.07, 6.45) is 4.23. The van der Waals surface area contributed by atoms with E-state index in [1.807, 2.05) is 16.3 Å².